The molecule has 2 heterocycles. The van der Waals surface area contributed by atoms with Gasteiger partial charge in [0.1, 0.15) is 5.82 Å². The van der Waals surface area contributed by atoms with Crippen LogP contribution in [0.1, 0.15) is 35.1 Å². The predicted octanol–water partition coefficient (Wildman–Crippen LogP) is 1.80. The molecule has 1 aromatic heterocycles. The fourth-order valence-electron chi connectivity index (χ4n) is 4.69. The molecule has 5 rings (SSSR count). The lowest BCUT2D eigenvalue weighted by molar-refractivity contribution is 0.122. The highest BCUT2D eigenvalue weighted by Crippen LogP contribution is 2.38. The zero-order chi connectivity index (χ0) is 21.4. The molecule has 1 saturated heterocycles. The van der Waals surface area contributed by atoms with Crippen LogP contribution in [0.2, 0.25) is 0 Å². The highest BCUT2D eigenvalue weighted by molar-refractivity contribution is 7.90. The van der Waals surface area contributed by atoms with Crippen molar-refractivity contribution in [3.05, 3.63) is 40.7 Å². The van der Waals surface area contributed by atoms with Crippen molar-refractivity contribution in [3.8, 4) is 0 Å². The second kappa shape index (κ2) is 8.08. The maximum absolute atomic E-state index is 12.8. The van der Waals surface area contributed by atoms with E-state index in [-0.39, 0.29) is 5.03 Å². The number of amides is 2. The van der Waals surface area contributed by atoms with Crippen LogP contribution in [0.5, 0.6) is 0 Å². The van der Waals surface area contributed by atoms with Crippen molar-refractivity contribution in [1.29, 1.82) is 0 Å². The number of carbonyl (C=O) groups excluding carboxylic acids is 1. The minimum Gasteiger partial charge on any atom is -0.378 e. The molecule has 3 aliphatic rings. The Morgan fingerprint density at radius 1 is 1.00 bits per heavy atom. The van der Waals surface area contributed by atoms with Crippen LogP contribution in [0.25, 0.3) is 0 Å². The second-order valence-electron chi connectivity index (χ2n) is 8.11. The van der Waals surface area contributed by atoms with E-state index in [4.69, 9.17) is 4.74 Å². The average Bonchev–Trinajstić information content (AvgIpc) is 3.43. The number of fused-ring (bicyclic) bond motifs is 2. The summed E-state index contributed by atoms with van der Waals surface area (Å²) in [5, 5.41) is 2.56. The van der Waals surface area contributed by atoms with Crippen LogP contribution in [-0.4, -0.2) is 50.7 Å². The molecule has 1 aliphatic heterocycles. The molecular weight excluding hydrogens is 418 g/mol. The van der Waals surface area contributed by atoms with Crippen molar-refractivity contribution in [2.45, 2.75) is 43.6 Å². The van der Waals surface area contributed by atoms with Gasteiger partial charge in [0.2, 0.25) is 0 Å². The molecule has 0 bridgehead atoms. The number of hydrogen-bond donors (Lipinski definition) is 2. The van der Waals surface area contributed by atoms with Crippen LogP contribution in [-0.2, 0) is 40.4 Å². The first-order valence-corrected chi connectivity index (χ1v) is 12.1. The lowest BCUT2D eigenvalue weighted by Crippen LogP contribution is -2.38. The first-order valence-electron chi connectivity index (χ1n) is 10.7. The zero-order valence-electron chi connectivity index (χ0n) is 17.2. The molecule has 0 saturated carbocycles. The maximum atomic E-state index is 12.8. The Labute approximate surface area is 181 Å². The Bertz CT molecular complexity index is 1100. The van der Waals surface area contributed by atoms with Gasteiger partial charge < -0.3 is 15.0 Å². The minimum absolute atomic E-state index is 0.282. The van der Waals surface area contributed by atoms with E-state index < -0.39 is 16.1 Å². The standard InChI is InChI=1S/C21H25N5O4S/c27-21(24-20-16-5-1-3-14(16)11-15-4-2-6-17(15)20)25-31(28,29)19-13-22-12-18(23-19)26-7-9-30-10-8-26/h11-13H,1-10H2,(H2,24,25,27). The van der Waals surface area contributed by atoms with Gasteiger partial charge in [0.05, 0.1) is 25.6 Å². The number of benzene rings is 1. The Morgan fingerprint density at radius 2 is 1.68 bits per heavy atom. The van der Waals surface area contributed by atoms with Crippen molar-refractivity contribution in [3.63, 3.8) is 0 Å². The van der Waals surface area contributed by atoms with Crippen molar-refractivity contribution in [1.82, 2.24) is 14.7 Å². The molecule has 2 aliphatic carbocycles. The lowest BCUT2D eigenvalue weighted by Gasteiger charge is -2.27. The fraction of sp³-hybridized carbons (Fsp3) is 0.476. The molecule has 2 aromatic rings. The molecule has 2 N–H and O–H groups in total. The summed E-state index contributed by atoms with van der Waals surface area (Å²) in [5.41, 5.74) is 5.61. The number of carbonyl (C=O) groups is 1. The van der Waals surface area contributed by atoms with Gasteiger partial charge in [-0.15, -0.1) is 0 Å². The van der Waals surface area contributed by atoms with E-state index in [1.165, 1.54) is 17.3 Å². The highest BCUT2D eigenvalue weighted by Gasteiger charge is 2.27. The minimum atomic E-state index is -4.16. The molecule has 164 valence electrons. The van der Waals surface area contributed by atoms with E-state index in [1.807, 2.05) is 4.90 Å². The molecule has 31 heavy (non-hydrogen) atoms. The number of hydrogen-bond acceptors (Lipinski definition) is 7. The summed E-state index contributed by atoms with van der Waals surface area (Å²) in [6.45, 7) is 2.31. The van der Waals surface area contributed by atoms with Crippen LogP contribution in [0.15, 0.2) is 23.5 Å². The topological polar surface area (TPSA) is 114 Å². The monoisotopic (exact) mass is 443 g/mol. The van der Waals surface area contributed by atoms with Gasteiger partial charge in [0.25, 0.3) is 10.0 Å². The largest absolute Gasteiger partial charge is 0.378 e. The number of ether oxygens (including phenoxy) is 1. The van der Waals surface area contributed by atoms with Crippen LogP contribution in [0.3, 0.4) is 0 Å². The molecule has 9 nitrogen and oxygen atoms in total. The van der Waals surface area contributed by atoms with Gasteiger partial charge in [0, 0.05) is 18.8 Å². The van der Waals surface area contributed by atoms with E-state index >= 15 is 0 Å². The molecule has 2 amide bonds. The summed E-state index contributed by atoms with van der Waals surface area (Å²) in [4.78, 5) is 22.9. The molecule has 10 heteroatoms. The van der Waals surface area contributed by atoms with Gasteiger partial charge >= 0.3 is 6.03 Å². The zero-order valence-corrected chi connectivity index (χ0v) is 18.0. The van der Waals surface area contributed by atoms with E-state index in [1.54, 1.807) is 0 Å². The summed E-state index contributed by atoms with van der Waals surface area (Å²) < 4.78 is 33.1. The van der Waals surface area contributed by atoms with E-state index in [0.29, 0.717) is 32.1 Å². The fourth-order valence-corrected chi connectivity index (χ4v) is 5.51. The summed E-state index contributed by atoms with van der Waals surface area (Å²) in [6, 6.07) is 1.49. The summed E-state index contributed by atoms with van der Waals surface area (Å²) >= 11 is 0. The van der Waals surface area contributed by atoms with Crippen molar-refractivity contribution in [2.75, 3.05) is 36.5 Å². The Balaban J connectivity index is 1.36. The predicted molar refractivity (Wildman–Crippen MR) is 115 cm³/mol. The van der Waals surface area contributed by atoms with Gasteiger partial charge in [0.15, 0.2) is 5.03 Å². The van der Waals surface area contributed by atoms with Crippen molar-refractivity contribution >= 4 is 27.6 Å². The highest BCUT2D eigenvalue weighted by atomic mass is 32.2. The number of nitrogens with one attached hydrogen (secondary N) is 2. The van der Waals surface area contributed by atoms with Crippen LogP contribution < -0.4 is 14.9 Å². The summed E-state index contributed by atoms with van der Waals surface area (Å²) in [5.74, 6) is 0.449. The quantitative estimate of drug-likeness (QED) is 0.741. The van der Waals surface area contributed by atoms with Crippen LogP contribution >= 0.6 is 0 Å². The third-order valence-electron chi connectivity index (χ3n) is 6.15. The number of aromatic nitrogens is 2. The number of aryl methyl sites for hydroxylation is 2. The SMILES string of the molecule is O=C(Nc1c2c(cc3c1CCC3)CCC2)NS(=O)(=O)c1cncc(N2CCOCC2)n1. The van der Waals surface area contributed by atoms with Gasteiger partial charge in [-0.3, -0.25) is 4.98 Å². The van der Waals surface area contributed by atoms with E-state index in [0.717, 1.165) is 61.5 Å². The molecule has 0 radical (unpaired) electrons. The Hall–Kier alpha value is -2.72. The van der Waals surface area contributed by atoms with Gasteiger partial charge in [-0.1, -0.05) is 6.07 Å². The number of sulfonamides is 1. The third-order valence-corrected chi connectivity index (χ3v) is 7.35. The summed E-state index contributed by atoms with van der Waals surface area (Å²) in [7, 11) is -4.16. The Morgan fingerprint density at radius 3 is 2.35 bits per heavy atom. The first-order chi connectivity index (χ1) is 15.0. The molecule has 1 aromatic carbocycles. The second-order valence-corrected chi connectivity index (χ2v) is 9.74. The number of morpholine rings is 1. The third kappa shape index (κ3) is 3.97. The average molecular weight is 444 g/mol. The normalized spacial score (nSPS) is 17.9. The van der Waals surface area contributed by atoms with E-state index in [9.17, 15) is 13.2 Å². The number of rotatable bonds is 4. The van der Waals surface area contributed by atoms with Crippen molar-refractivity contribution in [2.24, 2.45) is 0 Å². The number of anilines is 2. The molecular formula is C21H25N5O4S. The molecule has 1 fully saturated rings. The molecule has 0 atom stereocenters. The number of nitrogens with zero attached hydrogens (tertiary/aromatic N) is 3. The van der Waals surface area contributed by atoms with Gasteiger partial charge in [-0.2, -0.15) is 8.42 Å². The molecule has 0 unspecified atom stereocenters. The smallest absolute Gasteiger partial charge is 0.333 e. The maximum Gasteiger partial charge on any atom is 0.333 e. The lowest BCUT2D eigenvalue weighted by atomic mass is 9.99. The van der Waals surface area contributed by atoms with E-state index in [2.05, 4.69) is 26.1 Å². The number of urea groups is 1. The van der Waals surface area contributed by atoms with Gasteiger partial charge in [-0.25, -0.2) is 14.5 Å². The van der Waals surface area contributed by atoms with Crippen LogP contribution in [0.4, 0.5) is 16.3 Å². The first kappa shape index (κ1) is 20.2. The Kier molecular flexibility index (Phi) is 5.27. The summed E-state index contributed by atoms with van der Waals surface area (Å²) in [6.07, 6.45) is 8.57. The van der Waals surface area contributed by atoms with Crippen LogP contribution in [0, 0.1) is 0 Å². The molecule has 0 spiro atoms. The van der Waals surface area contributed by atoms with Gasteiger partial charge in [-0.05, 0) is 60.8 Å². The van der Waals surface area contributed by atoms with Crippen molar-refractivity contribution < 1.29 is 17.9 Å².